The summed E-state index contributed by atoms with van der Waals surface area (Å²) >= 11 is 0. The first-order chi connectivity index (χ1) is 65.4. The molecule has 0 fully saturated rings. The fraction of sp³-hybridized carbons (Fsp3) is 0. The summed E-state index contributed by atoms with van der Waals surface area (Å²) in [7, 11) is 0. The molecule has 0 aliphatic heterocycles. The first kappa shape index (κ1) is 74.6. The van der Waals surface area contributed by atoms with Gasteiger partial charge in [0.25, 0.3) is 0 Å². The molecule has 0 aliphatic rings. The van der Waals surface area contributed by atoms with Crippen LogP contribution in [0.3, 0.4) is 0 Å². The molecule has 0 N–H and O–H groups in total. The van der Waals surface area contributed by atoms with Gasteiger partial charge in [0.05, 0.1) is 33.1 Å². The lowest BCUT2D eigenvalue weighted by Crippen LogP contribution is -1.97. The van der Waals surface area contributed by atoms with Crippen molar-refractivity contribution < 1.29 is 13.3 Å². The predicted molar refractivity (Wildman–Crippen MR) is 551 cm³/mol. The van der Waals surface area contributed by atoms with Crippen molar-refractivity contribution in [2.75, 3.05) is 0 Å². The van der Waals surface area contributed by atoms with Crippen molar-refractivity contribution in [3.05, 3.63) is 467 Å². The van der Waals surface area contributed by atoms with Gasteiger partial charge in [0.15, 0.2) is 16.7 Å². The van der Waals surface area contributed by atoms with Crippen LogP contribution in [0.1, 0.15) is 0 Å². The molecule has 132 heavy (non-hydrogen) atoms. The Bertz CT molecular complexity index is 9370. The minimum atomic E-state index is 0.829. The summed E-state index contributed by atoms with van der Waals surface area (Å²) in [5.41, 5.74) is 39.0. The van der Waals surface area contributed by atoms with Crippen LogP contribution in [0.4, 0.5) is 0 Å². The van der Waals surface area contributed by atoms with Gasteiger partial charge in [0.1, 0.15) is 16.7 Å². The normalized spacial score (nSPS) is 11.9. The van der Waals surface area contributed by atoms with Crippen molar-refractivity contribution in [3.63, 3.8) is 0 Å². The number of aromatic nitrogens is 3. The molecule has 0 spiro atoms. The van der Waals surface area contributed by atoms with E-state index >= 15 is 0 Å². The van der Waals surface area contributed by atoms with Crippen molar-refractivity contribution in [2.45, 2.75) is 0 Å². The average molecular weight is 1680 g/mol. The van der Waals surface area contributed by atoms with Gasteiger partial charge in [-0.25, -0.2) is 0 Å². The van der Waals surface area contributed by atoms with Crippen molar-refractivity contribution in [3.8, 4) is 139 Å². The van der Waals surface area contributed by atoms with E-state index in [-0.39, 0.29) is 0 Å². The van der Waals surface area contributed by atoms with Crippen molar-refractivity contribution in [2.24, 2.45) is 0 Å². The Hall–Kier alpha value is -17.6. The molecule has 614 valence electrons. The number of furan rings is 3. The van der Waals surface area contributed by atoms with Crippen LogP contribution >= 0.6 is 0 Å². The molecule has 0 saturated carbocycles. The monoisotopic (exact) mass is 1680 g/mol. The SMILES string of the molecule is c1ccc(-c2ccc(-c3cc(-c4ccccc4)cc(-n4c5ccccc5c5c(-c6ccc(-c7cc(-c8ccccc8)cc(-n8c9cccc(-c%10cccc(-c%11cc(-c%12ccccc%12)cc(-c%12cccc(-n%13c%14ccccc%14c%14ccc%15c%16ccccc%16oc%15c%14%13)c%12)c%11)c%10)c9c9ccc%10c%11ccccc%11oc%10c98)c7)cc6-c6ccccc6)cc6c7ccccc7oc6c54)c3)cc2)cc1. The van der Waals surface area contributed by atoms with Gasteiger partial charge < -0.3 is 27.0 Å². The minimum absolute atomic E-state index is 0.829. The van der Waals surface area contributed by atoms with Crippen LogP contribution in [0.2, 0.25) is 0 Å². The molecule has 27 rings (SSSR count). The summed E-state index contributed by atoms with van der Waals surface area (Å²) in [4.78, 5) is 0. The van der Waals surface area contributed by atoms with Gasteiger partial charge in [0, 0.05) is 81.7 Å². The highest BCUT2D eigenvalue weighted by Gasteiger charge is 2.29. The van der Waals surface area contributed by atoms with Gasteiger partial charge in [-0.1, -0.05) is 334 Å². The lowest BCUT2D eigenvalue weighted by molar-refractivity contribution is 0.670. The van der Waals surface area contributed by atoms with Gasteiger partial charge in [-0.2, -0.15) is 0 Å². The Morgan fingerprint density at radius 3 is 1.03 bits per heavy atom. The van der Waals surface area contributed by atoms with E-state index < -0.39 is 0 Å². The molecule has 6 nitrogen and oxygen atoms in total. The molecule has 0 bridgehead atoms. The molecule has 0 atom stereocenters. The third-order valence-corrected chi connectivity index (χ3v) is 27.4. The van der Waals surface area contributed by atoms with Crippen LogP contribution in [0, 0.1) is 0 Å². The summed E-state index contributed by atoms with van der Waals surface area (Å²) in [6, 6.07) is 171. The number of rotatable bonds is 14. The smallest absolute Gasteiger partial charge is 0.160 e. The maximum Gasteiger partial charge on any atom is 0.160 e. The van der Waals surface area contributed by atoms with Gasteiger partial charge >= 0.3 is 0 Å². The summed E-state index contributed by atoms with van der Waals surface area (Å²) in [5.74, 6) is 0. The second-order valence-electron chi connectivity index (χ2n) is 34.9. The highest BCUT2D eigenvalue weighted by atomic mass is 16.3. The van der Waals surface area contributed by atoms with Gasteiger partial charge in [0.2, 0.25) is 0 Å². The zero-order chi connectivity index (χ0) is 86.6. The minimum Gasteiger partial charge on any atom is -0.454 e. The molecule has 0 aliphatic carbocycles. The van der Waals surface area contributed by atoms with Crippen molar-refractivity contribution in [1.82, 2.24) is 13.7 Å². The highest BCUT2D eigenvalue weighted by molar-refractivity contribution is 6.29. The van der Waals surface area contributed by atoms with Crippen LogP contribution in [-0.2, 0) is 0 Å². The number of fused-ring (bicyclic) bond motifs is 21. The van der Waals surface area contributed by atoms with E-state index in [9.17, 15) is 0 Å². The van der Waals surface area contributed by atoms with Crippen LogP contribution in [0.5, 0.6) is 0 Å². The maximum atomic E-state index is 7.30. The lowest BCUT2D eigenvalue weighted by Gasteiger charge is -2.18. The Labute approximate surface area is 759 Å². The highest BCUT2D eigenvalue weighted by Crippen LogP contribution is 2.52. The van der Waals surface area contributed by atoms with E-state index in [0.717, 1.165) is 254 Å². The van der Waals surface area contributed by atoms with Crippen LogP contribution < -0.4 is 0 Å². The average Bonchev–Trinajstić information content (AvgIpc) is 1.51. The van der Waals surface area contributed by atoms with E-state index in [1.54, 1.807) is 0 Å². The standard InChI is InChI=1S/C126H77N3O3/c1-6-29-78(30-7-1)82-55-57-83(58-56-82)94-69-92(80-33-10-3-11-34-80)72-97(74-94)128-114-50-22-17-47-108(114)120-111(77-112-104-46-20-25-54-118(104)132-126(112)123(120)128)100-60-59-87(76-110(100)84-37-14-5-15-38-84)95-70-93(81-35-12-4-13-36-81)73-98(75-95)129-115-51-28-48-99(119(115)109-64-63-107-103-45-19-24-53-117(103)131-125(107)122(109)129)88-41-26-39-85(65-88)90-66-89(79-31-8-2-9-32-79)67-91(68-90)86-40-27-42-96(71-86)127-113-49-21-16-43-101(113)105-61-62-106-102-44-18-23-52-116(102)130-124(106)121(105)127/h1-77H. The Balaban J connectivity index is 0.637. The van der Waals surface area contributed by atoms with Gasteiger partial charge in [-0.3, -0.25) is 0 Å². The van der Waals surface area contributed by atoms with Crippen molar-refractivity contribution in [1.29, 1.82) is 0 Å². The molecule has 27 aromatic rings. The number of para-hydroxylation sites is 5. The Morgan fingerprint density at radius 1 is 0.136 bits per heavy atom. The van der Waals surface area contributed by atoms with E-state index in [1.165, 1.54) is 16.5 Å². The fourth-order valence-electron chi connectivity index (χ4n) is 21.3. The van der Waals surface area contributed by atoms with Crippen LogP contribution in [0.25, 0.3) is 271 Å². The summed E-state index contributed by atoms with van der Waals surface area (Å²) < 4.78 is 28.8. The van der Waals surface area contributed by atoms with Gasteiger partial charge in [-0.15, -0.1) is 0 Å². The second kappa shape index (κ2) is 30.0. The number of hydrogen-bond acceptors (Lipinski definition) is 3. The molecule has 0 unspecified atom stereocenters. The van der Waals surface area contributed by atoms with E-state index in [0.29, 0.717) is 0 Å². The predicted octanol–water partition coefficient (Wildman–Crippen LogP) is 35.0. The summed E-state index contributed by atoms with van der Waals surface area (Å²) in [5, 5.41) is 13.2. The molecule has 21 aromatic carbocycles. The molecular formula is C126H77N3O3. The van der Waals surface area contributed by atoms with E-state index in [1.807, 2.05) is 6.07 Å². The lowest BCUT2D eigenvalue weighted by atomic mass is 9.88. The summed E-state index contributed by atoms with van der Waals surface area (Å²) in [6.45, 7) is 0. The molecule has 6 heteroatoms. The number of hydrogen-bond donors (Lipinski definition) is 0. The topological polar surface area (TPSA) is 54.2 Å². The summed E-state index contributed by atoms with van der Waals surface area (Å²) in [6.07, 6.45) is 0. The van der Waals surface area contributed by atoms with Gasteiger partial charge in [-0.05, 0) is 256 Å². The molecular weight excluding hydrogens is 1600 g/mol. The van der Waals surface area contributed by atoms with Crippen LogP contribution in [-0.4, -0.2) is 13.7 Å². The molecule has 0 amide bonds. The number of benzene rings is 21. The third kappa shape index (κ3) is 12.0. The molecule has 0 saturated heterocycles. The Morgan fingerprint density at radius 2 is 0.470 bits per heavy atom. The quantitative estimate of drug-likeness (QED) is 0.109. The maximum absolute atomic E-state index is 7.30. The molecule has 0 radical (unpaired) electrons. The first-order valence-electron chi connectivity index (χ1n) is 45.2. The number of nitrogens with zero attached hydrogens (tertiary/aromatic N) is 3. The zero-order valence-electron chi connectivity index (χ0n) is 71.5. The fourth-order valence-corrected chi connectivity index (χ4v) is 21.3. The Kier molecular flexibility index (Phi) is 17.0. The zero-order valence-corrected chi connectivity index (χ0v) is 71.5. The van der Waals surface area contributed by atoms with Crippen molar-refractivity contribution >= 4 is 131 Å². The first-order valence-corrected chi connectivity index (χ1v) is 45.2. The van der Waals surface area contributed by atoms with E-state index in [4.69, 9.17) is 13.3 Å². The third-order valence-electron chi connectivity index (χ3n) is 27.4. The van der Waals surface area contributed by atoms with E-state index in [2.05, 4.69) is 475 Å². The second-order valence-corrected chi connectivity index (χ2v) is 34.9. The molecule has 6 heterocycles. The largest absolute Gasteiger partial charge is 0.454 e. The molecule has 6 aromatic heterocycles. The van der Waals surface area contributed by atoms with Crippen LogP contribution in [0.15, 0.2) is 480 Å².